The third-order valence-electron chi connectivity index (χ3n) is 2.83. The van der Waals surface area contributed by atoms with E-state index in [0.717, 1.165) is 6.07 Å². The molecular weight excluding hydrogens is 319 g/mol. The molecule has 0 saturated heterocycles. The second-order valence-corrected chi connectivity index (χ2v) is 4.70. The van der Waals surface area contributed by atoms with E-state index in [-0.39, 0.29) is 24.4 Å². The lowest BCUT2D eigenvalue weighted by Gasteiger charge is -2.07. The van der Waals surface area contributed by atoms with Crippen LogP contribution >= 0.6 is 0 Å². The number of amides is 2. The van der Waals surface area contributed by atoms with E-state index in [1.165, 1.54) is 30.5 Å². The van der Waals surface area contributed by atoms with E-state index in [1.807, 2.05) is 0 Å². The lowest BCUT2D eigenvalue weighted by atomic mass is 10.3. The van der Waals surface area contributed by atoms with E-state index < -0.39 is 30.2 Å². The molecule has 126 valence electrons. The lowest BCUT2D eigenvalue weighted by molar-refractivity contribution is -0.147. The molecule has 1 aromatic heterocycles. The van der Waals surface area contributed by atoms with Crippen LogP contribution < -0.4 is 10.6 Å². The Labute approximate surface area is 136 Å². The summed E-state index contributed by atoms with van der Waals surface area (Å²) in [5.41, 5.74) is 0.266. The second-order valence-electron chi connectivity index (χ2n) is 4.70. The molecule has 0 aliphatic rings. The van der Waals surface area contributed by atoms with Gasteiger partial charge in [-0.2, -0.15) is 0 Å². The van der Waals surface area contributed by atoms with Gasteiger partial charge >= 0.3 is 5.97 Å². The third-order valence-corrected chi connectivity index (χ3v) is 2.83. The lowest BCUT2D eigenvalue weighted by Crippen LogP contribution is -2.27. The number of rotatable bonds is 7. The Bertz CT molecular complexity index is 715. The molecular formula is C16H15FN2O5. The Kier molecular flexibility index (Phi) is 6.07. The summed E-state index contributed by atoms with van der Waals surface area (Å²) in [5, 5.41) is 4.87. The maximum atomic E-state index is 13.0. The summed E-state index contributed by atoms with van der Waals surface area (Å²) in [5.74, 6) is -2.04. The third kappa shape index (κ3) is 5.56. The van der Waals surface area contributed by atoms with Gasteiger partial charge in [-0.3, -0.25) is 14.4 Å². The van der Waals surface area contributed by atoms with Crippen LogP contribution in [0.1, 0.15) is 17.0 Å². The smallest absolute Gasteiger partial charge is 0.308 e. The van der Waals surface area contributed by atoms with E-state index in [9.17, 15) is 18.8 Å². The van der Waals surface area contributed by atoms with Gasteiger partial charge in [0.15, 0.2) is 12.4 Å². The van der Waals surface area contributed by atoms with Crippen LogP contribution in [0.25, 0.3) is 0 Å². The number of nitrogens with one attached hydrogen (secondary N) is 2. The molecule has 1 heterocycles. The molecule has 8 heteroatoms. The van der Waals surface area contributed by atoms with E-state index in [4.69, 9.17) is 9.15 Å². The minimum atomic E-state index is -0.649. The highest BCUT2D eigenvalue weighted by Gasteiger charge is 2.11. The summed E-state index contributed by atoms with van der Waals surface area (Å²) in [4.78, 5) is 34.6. The molecule has 0 bridgehead atoms. The molecule has 0 aliphatic carbocycles. The topological polar surface area (TPSA) is 97.6 Å². The Morgan fingerprint density at radius 2 is 2.00 bits per heavy atom. The molecule has 0 fully saturated rings. The van der Waals surface area contributed by atoms with Crippen LogP contribution in [0.3, 0.4) is 0 Å². The van der Waals surface area contributed by atoms with Crippen LogP contribution in [0, 0.1) is 5.82 Å². The molecule has 0 saturated carbocycles. The van der Waals surface area contributed by atoms with Crippen molar-refractivity contribution in [1.82, 2.24) is 5.32 Å². The predicted molar refractivity (Wildman–Crippen MR) is 81.6 cm³/mol. The van der Waals surface area contributed by atoms with Gasteiger partial charge in [-0.15, -0.1) is 0 Å². The zero-order chi connectivity index (χ0) is 17.4. The number of halogens is 1. The molecule has 2 amide bonds. The van der Waals surface area contributed by atoms with Crippen LogP contribution in [0.5, 0.6) is 0 Å². The first-order valence-electron chi connectivity index (χ1n) is 7.07. The van der Waals surface area contributed by atoms with Crippen molar-refractivity contribution in [2.75, 3.05) is 18.5 Å². The molecule has 2 N–H and O–H groups in total. The first-order chi connectivity index (χ1) is 11.5. The molecule has 0 spiro atoms. The normalized spacial score (nSPS) is 10.0. The van der Waals surface area contributed by atoms with Crippen LogP contribution in [-0.4, -0.2) is 30.9 Å². The fraction of sp³-hybridized carbons (Fsp3) is 0.188. The van der Waals surface area contributed by atoms with Gasteiger partial charge < -0.3 is 19.8 Å². The summed E-state index contributed by atoms with van der Waals surface area (Å²) < 4.78 is 22.6. The summed E-state index contributed by atoms with van der Waals surface area (Å²) in [6, 6.07) is 8.40. The quantitative estimate of drug-likeness (QED) is 0.752. The summed E-state index contributed by atoms with van der Waals surface area (Å²) >= 11 is 0. The van der Waals surface area contributed by atoms with Crippen molar-refractivity contribution >= 4 is 23.5 Å². The molecule has 0 aliphatic heterocycles. The fourth-order valence-corrected chi connectivity index (χ4v) is 1.75. The molecule has 1 aromatic carbocycles. The van der Waals surface area contributed by atoms with Gasteiger partial charge in [0.2, 0.25) is 0 Å². The van der Waals surface area contributed by atoms with Gasteiger partial charge in [0, 0.05) is 12.2 Å². The molecule has 2 rings (SSSR count). The van der Waals surface area contributed by atoms with Crippen LogP contribution in [0.4, 0.5) is 10.1 Å². The number of carbonyl (C=O) groups excluding carboxylic acids is 3. The number of anilines is 1. The highest BCUT2D eigenvalue weighted by Crippen LogP contribution is 2.08. The van der Waals surface area contributed by atoms with Crippen molar-refractivity contribution in [2.45, 2.75) is 6.42 Å². The largest absolute Gasteiger partial charge is 0.459 e. The number of furan rings is 1. The first-order valence-corrected chi connectivity index (χ1v) is 7.07. The maximum absolute atomic E-state index is 13.0. The summed E-state index contributed by atoms with van der Waals surface area (Å²) in [6.45, 7) is -0.453. The molecule has 24 heavy (non-hydrogen) atoms. The zero-order valence-electron chi connectivity index (χ0n) is 12.6. The summed E-state index contributed by atoms with van der Waals surface area (Å²) in [7, 11) is 0. The van der Waals surface area contributed by atoms with Crippen molar-refractivity contribution in [3.05, 3.63) is 54.2 Å². The number of hydrogen-bond acceptors (Lipinski definition) is 5. The highest BCUT2D eigenvalue weighted by molar-refractivity contribution is 5.93. The fourth-order valence-electron chi connectivity index (χ4n) is 1.75. The highest BCUT2D eigenvalue weighted by atomic mass is 19.1. The SMILES string of the molecule is O=C(COC(=O)CCNC(=O)c1ccco1)Nc1cccc(F)c1. The van der Waals surface area contributed by atoms with Gasteiger partial charge in [-0.1, -0.05) is 6.07 Å². The standard InChI is InChI=1S/C16H15FN2O5/c17-11-3-1-4-12(9-11)19-14(20)10-24-15(21)6-7-18-16(22)13-5-2-8-23-13/h1-5,8-9H,6-7,10H2,(H,18,22)(H,19,20). The van der Waals surface area contributed by atoms with Crippen molar-refractivity contribution in [1.29, 1.82) is 0 Å². The van der Waals surface area contributed by atoms with Gasteiger partial charge in [-0.05, 0) is 30.3 Å². The number of ether oxygens (including phenoxy) is 1. The number of carbonyl (C=O) groups is 3. The van der Waals surface area contributed by atoms with E-state index in [1.54, 1.807) is 6.07 Å². The maximum Gasteiger partial charge on any atom is 0.308 e. The first kappa shape index (κ1) is 17.2. The van der Waals surface area contributed by atoms with Crippen LogP contribution in [0.15, 0.2) is 47.1 Å². The second kappa shape index (κ2) is 8.47. The minimum absolute atomic E-state index is 0.0455. The van der Waals surface area contributed by atoms with Crippen molar-refractivity contribution < 1.29 is 27.9 Å². The Morgan fingerprint density at radius 3 is 2.71 bits per heavy atom. The minimum Gasteiger partial charge on any atom is -0.459 e. The van der Waals surface area contributed by atoms with Gasteiger partial charge in [0.1, 0.15) is 5.82 Å². The van der Waals surface area contributed by atoms with Crippen LogP contribution in [0.2, 0.25) is 0 Å². The van der Waals surface area contributed by atoms with Gasteiger partial charge in [0.05, 0.1) is 12.7 Å². The number of hydrogen-bond donors (Lipinski definition) is 2. The van der Waals surface area contributed by atoms with Crippen molar-refractivity contribution in [3.8, 4) is 0 Å². The van der Waals surface area contributed by atoms with Crippen molar-refractivity contribution in [2.24, 2.45) is 0 Å². The zero-order valence-corrected chi connectivity index (χ0v) is 12.6. The number of esters is 1. The van der Waals surface area contributed by atoms with Crippen molar-refractivity contribution in [3.63, 3.8) is 0 Å². The molecule has 0 atom stereocenters. The summed E-state index contributed by atoms with van der Waals surface area (Å²) in [6.07, 6.45) is 1.26. The molecule has 2 aromatic rings. The van der Waals surface area contributed by atoms with E-state index in [2.05, 4.69) is 10.6 Å². The molecule has 7 nitrogen and oxygen atoms in total. The van der Waals surface area contributed by atoms with E-state index in [0.29, 0.717) is 0 Å². The molecule has 0 radical (unpaired) electrons. The average molecular weight is 334 g/mol. The monoisotopic (exact) mass is 334 g/mol. The van der Waals surface area contributed by atoms with Crippen LogP contribution in [-0.2, 0) is 14.3 Å². The predicted octanol–water partition coefficient (Wildman–Crippen LogP) is 1.72. The average Bonchev–Trinajstić information content (AvgIpc) is 3.07. The van der Waals surface area contributed by atoms with Gasteiger partial charge in [0.25, 0.3) is 11.8 Å². The van der Waals surface area contributed by atoms with Gasteiger partial charge in [-0.25, -0.2) is 4.39 Å². The Balaban J connectivity index is 1.64. The number of benzene rings is 1. The molecule has 0 unspecified atom stereocenters. The Morgan fingerprint density at radius 1 is 1.17 bits per heavy atom. The Hall–Kier alpha value is -3.16. The van der Waals surface area contributed by atoms with E-state index >= 15 is 0 Å².